The molecule has 0 aromatic heterocycles. The van der Waals surface area contributed by atoms with Crippen molar-refractivity contribution in [2.75, 3.05) is 6.61 Å². The van der Waals surface area contributed by atoms with E-state index in [1.165, 1.54) is 0 Å². The third kappa shape index (κ3) is 5.75. The number of rotatable bonds is 3. The molecule has 4 heteroatoms. The maximum Gasteiger partial charge on any atom is 0.314 e. The molecule has 0 fully saturated rings. The summed E-state index contributed by atoms with van der Waals surface area (Å²) in [7, 11) is 0. The second kappa shape index (κ2) is 4.72. The normalized spacial score (nSPS) is 8.67. The summed E-state index contributed by atoms with van der Waals surface area (Å²) in [6.07, 6.45) is -0.117. The fourth-order valence-electron chi connectivity index (χ4n) is 0.325. The van der Waals surface area contributed by atoms with E-state index in [-0.39, 0.29) is 10.2 Å². The van der Waals surface area contributed by atoms with Gasteiger partial charge in [-0.15, -0.1) is 0 Å². The van der Waals surface area contributed by atoms with Crippen LogP contribution in [0.4, 0.5) is 0 Å². The SMILES string of the molecule is CCOC(=O)CC(=O)I. The highest BCUT2D eigenvalue weighted by Gasteiger charge is 2.04. The zero-order valence-corrected chi connectivity index (χ0v) is 7.17. The minimum absolute atomic E-state index is 0.117. The van der Waals surface area contributed by atoms with Gasteiger partial charge < -0.3 is 4.74 Å². The van der Waals surface area contributed by atoms with Gasteiger partial charge in [0, 0.05) is 22.6 Å². The molecule has 9 heavy (non-hydrogen) atoms. The molecule has 0 saturated carbocycles. The summed E-state index contributed by atoms with van der Waals surface area (Å²) < 4.78 is 4.30. The lowest BCUT2D eigenvalue weighted by molar-refractivity contribution is -0.144. The molecule has 0 N–H and O–H groups in total. The van der Waals surface area contributed by atoms with E-state index in [0.29, 0.717) is 6.61 Å². The highest BCUT2D eigenvalue weighted by molar-refractivity contribution is 14.1. The molecule has 0 atom stereocenters. The summed E-state index contributed by atoms with van der Waals surface area (Å²) in [6, 6.07) is 0. The van der Waals surface area contributed by atoms with E-state index in [1.807, 2.05) is 0 Å². The zero-order chi connectivity index (χ0) is 7.28. The lowest BCUT2D eigenvalue weighted by Gasteiger charge is -1.95. The molecule has 52 valence electrons. The molecule has 0 aliphatic carbocycles. The Kier molecular flexibility index (Phi) is 4.65. The predicted molar refractivity (Wildman–Crippen MR) is 40.3 cm³/mol. The quantitative estimate of drug-likeness (QED) is 0.319. The molecule has 0 saturated heterocycles. The maximum atomic E-state index is 10.4. The van der Waals surface area contributed by atoms with Gasteiger partial charge in [-0.05, 0) is 6.92 Å². The van der Waals surface area contributed by atoms with Crippen LogP contribution in [0.3, 0.4) is 0 Å². The van der Waals surface area contributed by atoms with E-state index < -0.39 is 5.97 Å². The Labute approximate surface area is 66.9 Å². The topological polar surface area (TPSA) is 43.4 Å². The molecule has 0 bridgehead atoms. The Morgan fingerprint density at radius 1 is 1.56 bits per heavy atom. The largest absolute Gasteiger partial charge is 0.466 e. The average molecular weight is 242 g/mol. The van der Waals surface area contributed by atoms with Crippen molar-refractivity contribution in [2.45, 2.75) is 13.3 Å². The summed E-state index contributed by atoms with van der Waals surface area (Å²) in [5.74, 6) is -0.447. The smallest absolute Gasteiger partial charge is 0.314 e. The second-order valence-electron chi connectivity index (χ2n) is 1.34. The second-order valence-corrected chi connectivity index (χ2v) is 2.54. The van der Waals surface area contributed by atoms with Crippen molar-refractivity contribution in [3.8, 4) is 0 Å². The zero-order valence-electron chi connectivity index (χ0n) is 5.02. The molecule has 0 unspecified atom stereocenters. The summed E-state index contributed by atoms with van der Waals surface area (Å²) in [5.41, 5.74) is 0. The molecule has 0 aromatic carbocycles. The van der Waals surface area contributed by atoms with Crippen molar-refractivity contribution in [1.29, 1.82) is 0 Å². The van der Waals surface area contributed by atoms with Gasteiger partial charge in [0.25, 0.3) is 0 Å². The van der Waals surface area contributed by atoms with Gasteiger partial charge in [0.1, 0.15) is 6.42 Å². The summed E-state index contributed by atoms with van der Waals surface area (Å²) in [6.45, 7) is 2.04. The number of ether oxygens (including phenoxy) is 1. The molecule has 0 radical (unpaired) electrons. The third-order valence-electron chi connectivity index (χ3n) is 0.589. The van der Waals surface area contributed by atoms with Gasteiger partial charge in [-0.1, -0.05) is 0 Å². The molecule has 0 aromatic rings. The number of halogens is 1. The fourth-order valence-corrected chi connectivity index (χ4v) is 0.637. The van der Waals surface area contributed by atoms with Crippen LogP contribution < -0.4 is 0 Å². The number of carbonyl (C=O) groups excluding carboxylic acids is 2. The van der Waals surface area contributed by atoms with Crippen LogP contribution in [0.15, 0.2) is 0 Å². The molecule has 0 amide bonds. The van der Waals surface area contributed by atoms with Gasteiger partial charge in [0.05, 0.1) is 6.61 Å². The van der Waals surface area contributed by atoms with Gasteiger partial charge in [-0.2, -0.15) is 0 Å². The van der Waals surface area contributed by atoms with Crippen LogP contribution in [-0.2, 0) is 14.3 Å². The molecular formula is C5H7IO3. The molecule has 0 aliphatic heterocycles. The molecular weight excluding hydrogens is 235 g/mol. The highest BCUT2D eigenvalue weighted by Crippen LogP contribution is 1.94. The number of carbonyl (C=O) groups is 2. The van der Waals surface area contributed by atoms with E-state index in [0.717, 1.165) is 0 Å². The van der Waals surface area contributed by atoms with Crippen LogP contribution in [0.1, 0.15) is 13.3 Å². The van der Waals surface area contributed by atoms with Gasteiger partial charge in [-0.3, -0.25) is 9.59 Å². The number of hydrogen-bond acceptors (Lipinski definition) is 3. The Morgan fingerprint density at radius 3 is 2.44 bits per heavy atom. The lowest BCUT2D eigenvalue weighted by Crippen LogP contribution is -2.06. The molecule has 0 aliphatic rings. The first-order valence-electron chi connectivity index (χ1n) is 2.50. The molecule has 0 spiro atoms. The van der Waals surface area contributed by atoms with E-state index in [1.54, 1.807) is 29.5 Å². The molecule has 0 rings (SSSR count). The molecule has 0 heterocycles. The summed E-state index contributed by atoms with van der Waals surface area (Å²) in [4.78, 5) is 20.6. The van der Waals surface area contributed by atoms with Crippen LogP contribution >= 0.6 is 22.6 Å². The van der Waals surface area contributed by atoms with E-state index in [9.17, 15) is 9.59 Å². The summed E-state index contributed by atoms with van der Waals surface area (Å²) in [5, 5.41) is 0. The van der Waals surface area contributed by atoms with Crippen molar-refractivity contribution >= 4 is 32.4 Å². The Hall–Kier alpha value is -0.130. The first-order chi connectivity index (χ1) is 4.16. The first kappa shape index (κ1) is 8.87. The van der Waals surface area contributed by atoms with Crippen molar-refractivity contribution in [3.63, 3.8) is 0 Å². The van der Waals surface area contributed by atoms with Crippen LogP contribution in [-0.4, -0.2) is 16.4 Å². The number of esters is 1. The van der Waals surface area contributed by atoms with E-state index in [2.05, 4.69) is 4.74 Å². The Balaban J connectivity index is 3.39. The van der Waals surface area contributed by atoms with Crippen LogP contribution in [0, 0.1) is 0 Å². The van der Waals surface area contributed by atoms with Crippen LogP contribution in [0.5, 0.6) is 0 Å². The van der Waals surface area contributed by atoms with E-state index >= 15 is 0 Å². The van der Waals surface area contributed by atoms with Crippen LogP contribution in [0.25, 0.3) is 0 Å². The molecule has 3 nitrogen and oxygen atoms in total. The first-order valence-corrected chi connectivity index (χ1v) is 3.58. The van der Waals surface area contributed by atoms with E-state index in [4.69, 9.17) is 0 Å². The van der Waals surface area contributed by atoms with Crippen molar-refractivity contribution in [3.05, 3.63) is 0 Å². The Morgan fingerprint density at radius 2 is 2.11 bits per heavy atom. The van der Waals surface area contributed by atoms with Crippen molar-refractivity contribution < 1.29 is 14.3 Å². The summed E-state index contributed by atoms with van der Waals surface area (Å²) >= 11 is 1.56. The van der Waals surface area contributed by atoms with Gasteiger partial charge in [0.2, 0.25) is 3.79 Å². The van der Waals surface area contributed by atoms with Crippen molar-refractivity contribution in [2.24, 2.45) is 0 Å². The minimum atomic E-state index is -0.447. The minimum Gasteiger partial charge on any atom is -0.466 e. The fraction of sp³-hybridized carbons (Fsp3) is 0.600. The monoisotopic (exact) mass is 242 g/mol. The average Bonchev–Trinajstić information content (AvgIpc) is 1.63. The van der Waals surface area contributed by atoms with Crippen molar-refractivity contribution in [1.82, 2.24) is 0 Å². The van der Waals surface area contributed by atoms with Gasteiger partial charge in [0.15, 0.2) is 0 Å². The number of hydrogen-bond donors (Lipinski definition) is 0. The van der Waals surface area contributed by atoms with Crippen LogP contribution in [0.2, 0.25) is 0 Å². The predicted octanol–water partition coefficient (Wildman–Crippen LogP) is 0.901. The maximum absolute atomic E-state index is 10.4. The van der Waals surface area contributed by atoms with Gasteiger partial charge >= 0.3 is 5.97 Å². The standard InChI is InChI=1S/C5H7IO3/c1-2-9-5(8)3-4(6)7/h2-3H2,1H3. The van der Waals surface area contributed by atoms with Gasteiger partial charge in [-0.25, -0.2) is 0 Å². The Bertz CT molecular complexity index is 121. The third-order valence-corrected chi connectivity index (χ3v) is 0.970. The lowest BCUT2D eigenvalue weighted by atomic mass is 10.5. The highest BCUT2D eigenvalue weighted by atomic mass is 127.